The monoisotopic (exact) mass is 321 g/mol. The quantitative estimate of drug-likeness (QED) is 0.848. The first-order valence-electron chi connectivity index (χ1n) is 7.39. The molecule has 1 aliphatic rings. The van der Waals surface area contributed by atoms with Crippen LogP contribution in [0.2, 0.25) is 0 Å². The second-order valence-electron chi connectivity index (χ2n) is 6.37. The van der Waals surface area contributed by atoms with Gasteiger partial charge in [-0.15, -0.1) is 0 Å². The molecule has 0 aromatic heterocycles. The molecule has 0 radical (unpaired) electrons. The Morgan fingerprint density at radius 2 is 1.68 bits per heavy atom. The summed E-state index contributed by atoms with van der Waals surface area (Å²) in [5, 5.41) is 0. The highest BCUT2D eigenvalue weighted by atomic mass is 32.1. The molecule has 22 heavy (non-hydrogen) atoms. The smallest absolute Gasteiger partial charge is 0.410 e. The molecule has 0 unspecified atom stereocenters. The molecule has 0 aliphatic carbocycles. The summed E-state index contributed by atoms with van der Waals surface area (Å²) in [7, 11) is 0. The van der Waals surface area contributed by atoms with Gasteiger partial charge >= 0.3 is 6.09 Å². The zero-order valence-corrected chi connectivity index (χ0v) is 14.2. The number of rotatable bonds is 2. The van der Waals surface area contributed by atoms with Crippen LogP contribution in [0.4, 0.5) is 10.5 Å². The van der Waals surface area contributed by atoms with Gasteiger partial charge in [-0.2, -0.15) is 0 Å². The van der Waals surface area contributed by atoms with Crippen molar-refractivity contribution in [3.05, 3.63) is 29.8 Å². The summed E-state index contributed by atoms with van der Waals surface area (Å²) in [5.74, 6) is 0. The molecule has 1 aromatic carbocycles. The number of anilines is 1. The lowest BCUT2D eigenvalue weighted by Gasteiger charge is -2.36. The summed E-state index contributed by atoms with van der Waals surface area (Å²) in [6.07, 6.45) is -0.240. The summed E-state index contributed by atoms with van der Waals surface area (Å²) < 4.78 is 5.40. The molecule has 5 nitrogen and oxygen atoms in total. The Morgan fingerprint density at radius 3 is 2.14 bits per heavy atom. The summed E-state index contributed by atoms with van der Waals surface area (Å²) in [4.78, 5) is 16.4. The van der Waals surface area contributed by atoms with Crippen molar-refractivity contribution >= 4 is 29.0 Å². The van der Waals surface area contributed by atoms with Gasteiger partial charge in [0.05, 0.1) is 0 Å². The molecule has 0 spiro atoms. The average molecular weight is 321 g/mol. The first kappa shape index (κ1) is 16.5. The molecule has 1 aliphatic heterocycles. The van der Waals surface area contributed by atoms with Gasteiger partial charge in [-0.1, -0.05) is 12.2 Å². The highest BCUT2D eigenvalue weighted by Gasteiger charge is 2.25. The minimum absolute atomic E-state index is 0.240. The van der Waals surface area contributed by atoms with Crippen LogP contribution in [0.1, 0.15) is 26.3 Å². The number of benzene rings is 1. The van der Waals surface area contributed by atoms with Gasteiger partial charge in [-0.25, -0.2) is 4.79 Å². The number of ether oxygens (including phenoxy) is 1. The molecule has 1 saturated heterocycles. The van der Waals surface area contributed by atoms with Crippen LogP contribution in [0.3, 0.4) is 0 Å². The zero-order chi connectivity index (χ0) is 16.3. The molecular formula is C16H23N3O2S. The van der Waals surface area contributed by atoms with Crippen molar-refractivity contribution in [3.63, 3.8) is 0 Å². The maximum absolute atomic E-state index is 12.0. The topological polar surface area (TPSA) is 58.8 Å². The Morgan fingerprint density at radius 1 is 1.14 bits per heavy atom. The lowest BCUT2D eigenvalue weighted by atomic mass is 10.2. The largest absolute Gasteiger partial charge is 0.444 e. The summed E-state index contributed by atoms with van der Waals surface area (Å²) in [6, 6.07) is 7.88. The fourth-order valence-electron chi connectivity index (χ4n) is 2.31. The molecule has 2 rings (SSSR count). The first-order chi connectivity index (χ1) is 10.3. The fraction of sp³-hybridized carbons (Fsp3) is 0.500. The molecule has 1 fully saturated rings. The van der Waals surface area contributed by atoms with Gasteiger partial charge in [-0.05, 0) is 45.0 Å². The number of carbonyl (C=O) groups excluding carboxylic acids is 1. The van der Waals surface area contributed by atoms with Gasteiger partial charge in [0.2, 0.25) is 0 Å². The van der Waals surface area contributed by atoms with Crippen LogP contribution in [0.5, 0.6) is 0 Å². The molecular weight excluding hydrogens is 298 g/mol. The van der Waals surface area contributed by atoms with Gasteiger partial charge in [-0.3, -0.25) is 0 Å². The van der Waals surface area contributed by atoms with E-state index >= 15 is 0 Å². The van der Waals surface area contributed by atoms with Crippen molar-refractivity contribution in [2.45, 2.75) is 26.4 Å². The van der Waals surface area contributed by atoms with E-state index in [1.807, 2.05) is 45.0 Å². The maximum Gasteiger partial charge on any atom is 0.410 e. The van der Waals surface area contributed by atoms with Gasteiger partial charge in [0.25, 0.3) is 0 Å². The van der Waals surface area contributed by atoms with E-state index in [1.54, 1.807) is 4.90 Å². The van der Waals surface area contributed by atoms with Crippen molar-refractivity contribution in [2.24, 2.45) is 5.73 Å². The Balaban J connectivity index is 1.91. The van der Waals surface area contributed by atoms with E-state index in [4.69, 9.17) is 22.7 Å². The van der Waals surface area contributed by atoms with Gasteiger partial charge in [0, 0.05) is 37.4 Å². The summed E-state index contributed by atoms with van der Waals surface area (Å²) in [5.41, 5.74) is 7.13. The molecule has 0 saturated carbocycles. The summed E-state index contributed by atoms with van der Waals surface area (Å²) in [6.45, 7) is 8.52. The molecule has 1 aromatic rings. The predicted octanol–water partition coefficient (Wildman–Crippen LogP) is 2.38. The van der Waals surface area contributed by atoms with Crippen molar-refractivity contribution < 1.29 is 9.53 Å². The van der Waals surface area contributed by atoms with Crippen molar-refractivity contribution in [3.8, 4) is 0 Å². The molecule has 6 heteroatoms. The molecule has 1 heterocycles. The molecule has 2 N–H and O–H groups in total. The van der Waals surface area contributed by atoms with Crippen LogP contribution in [-0.4, -0.2) is 47.8 Å². The highest BCUT2D eigenvalue weighted by molar-refractivity contribution is 7.80. The molecule has 0 atom stereocenters. The number of nitrogens with two attached hydrogens (primary N) is 1. The third-order valence-electron chi connectivity index (χ3n) is 3.45. The van der Waals surface area contributed by atoms with E-state index in [1.165, 1.54) is 0 Å². The minimum Gasteiger partial charge on any atom is -0.444 e. The SMILES string of the molecule is CC(C)(C)OC(=O)N1CCN(c2ccc(C(N)=S)cc2)CC1. The van der Waals surface area contributed by atoms with Crippen LogP contribution in [0.15, 0.2) is 24.3 Å². The standard InChI is InChI=1S/C16H23N3O2S/c1-16(2,3)21-15(20)19-10-8-18(9-11-19)13-6-4-12(5-7-13)14(17)22/h4-7H,8-11H2,1-3H3,(H2,17,22). The minimum atomic E-state index is -0.454. The van der Waals surface area contributed by atoms with Crippen LogP contribution < -0.4 is 10.6 Å². The Bertz CT molecular complexity index is 544. The number of thiocarbonyl (C=S) groups is 1. The van der Waals surface area contributed by atoms with Gasteiger partial charge in [0.15, 0.2) is 0 Å². The number of amides is 1. The van der Waals surface area contributed by atoms with Crippen molar-refractivity contribution in [1.82, 2.24) is 4.90 Å². The number of piperazine rings is 1. The Hall–Kier alpha value is -1.82. The van der Waals surface area contributed by atoms with E-state index in [0.717, 1.165) is 24.3 Å². The number of carbonyl (C=O) groups is 1. The number of nitrogens with zero attached hydrogens (tertiary/aromatic N) is 2. The fourth-order valence-corrected chi connectivity index (χ4v) is 2.45. The third-order valence-corrected chi connectivity index (χ3v) is 3.68. The second-order valence-corrected chi connectivity index (χ2v) is 6.81. The zero-order valence-electron chi connectivity index (χ0n) is 13.3. The Kier molecular flexibility index (Phi) is 4.90. The van der Waals surface area contributed by atoms with Crippen LogP contribution in [0, 0.1) is 0 Å². The van der Waals surface area contributed by atoms with E-state index in [0.29, 0.717) is 18.1 Å². The van der Waals surface area contributed by atoms with Crippen molar-refractivity contribution in [1.29, 1.82) is 0 Å². The number of hydrogen-bond acceptors (Lipinski definition) is 4. The van der Waals surface area contributed by atoms with Crippen molar-refractivity contribution in [2.75, 3.05) is 31.1 Å². The van der Waals surface area contributed by atoms with Crippen LogP contribution in [0.25, 0.3) is 0 Å². The lowest BCUT2D eigenvalue weighted by Crippen LogP contribution is -2.50. The van der Waals surface area contributed by atoms with E-state index in [9.17, 15) is 4.79 Å². The van der Waals surface area contributed by atoms with E-state index in [2.05, 4.69) is 4.90 Å². The molecule has 120 valence electrons. The van der Waals surface area contributed by atoms with Crippen LogP contribution in [-0.2, 0) is 4.74 Å². The maximum atomic E-state index is 12.0. The highest BCUT2D eigenvalue weighted by Crippen LogP contribution is 2.18. The Labute approximate surface area is 137 Å². The third kappa shape index (κ3) is 4.34. The van der Waals surface area contributed by atoms with E-state index in [-0.39, 0.29) is 6.09 Å². The number of hydrogen-bond donors (Lipinski definition) is 1. The molecule has 1 amide bonds. The van der Waals surface area contributed by atoms with Gasteiger partial charge < -0.3 is 20.3 Å². The normalized spacial score (nSPS) is 15.6. The predicted molar refractivity (Wildman–Crippen MR) is 92.3 cm³/mol. The molecule has 0 bridgehead atoms. The van der Waals surface area contributed by atoms with Crippen LogP contribution >= 0.6 is 12.2 Å². The van der Waals surface area contributed by atoms with Gasteiger partial charge in [0.1, 0.15) is 10.6 Å². The second kappa shape index (κ2) is 6.52. The lowest BCUT2D eigenvalue weighted by molar-refractivity contribution is 0.0240. The van der Waals surface area contributed by atoms with E-state index < -0.39 is 5.60 Å². The first-order valence-corrected chi connectivity index (χ1v) is 7.80. The summed E-state index contributed by atoms with van der Waals surface area (Å²) >= 11 is 4.96. The average Bonchev–Trinajstić information content (AvgIpc) is 2.46.